The van der Waals surface area contributed by atoms with E-state index >= 15 is 0 Å². The van der Waals surface area contributed by atoms with Gasteiger partial charge in [0.05, 0.1) is 0 Å². The van der Waals surface area contributed by atoms with Gasteiger partial charge < -0.3 is 14.5 Å². The number of aryl methyl sites for hydroxylation is 1. The van der Waals surface area contributed by atoms with Gasteiger partial charge >= 0.3 is 0 Å². The summed E-state index contributed by atoms with van der Waals surface area (Å²) in [4.78, 5) is 14.3. The summed E-state index contributed by atoms with van der Waals surface area (Å²) in [5, 5.41) is 0.818. The Hall–Kier alpha value is -1.64. The van der Waals surface area contributed by atoms with Gasteiger partial charge in [-0.05, 0) is 99.3 Å². The molecule has 3 aliphatic rings. The Bertz CT molecular complexity index is 999. The minimum Gasteiger partial charge on any atom is -0.457 e. The van der Waals surface area contributed by atoms with Gasteiger partial charge in [-0.2, -0.15) is 0 Å². The number of rotatable bonds is 3. The van der Waals surface area contributed by atoms with Crippen LogP contribution in [0.2, 0.25) is 5.02 Å². The molecule has 2 bridgehead atoms. The lowest BCUT2D eigenvalue weighted by Crippen LogP contribution is -2.30. The zero-order valence-corrected chi connectivity index (χ0v) is 20.4. The van der Waals surface area contributed by atoms with Gasteiger partial charge in [0.15, 0.2) is 0 Å². The first-order chi connectivity index (χ1) is 15.6. The van der Waals surface area contributed by atoms with Crippen LogP contribution in [0.5, 0.6) is 5.75 Å². The van der Waals surface area contributed by atoms with Crippen molar-refractivity contribution in [2.45, 2.75) is 58.3 Å². The van der Waals surface area contributed by atoms with Gasteiger partial charge in [0.1, 0.15) is 20.5 Å². The lowest BCUT2D eigenvalue weighted by molar-refractivity contribution is 0.335. The molecule has 170 valence electrons. The van der Waals surface area contributed by atoms with Crippen LogP contribution in [0.15, 0.2) is 65.3 Å². The monoisotopic (exact) mass is 470 g/mol. The minimum absolute atomic E-state index is 0.576. The molecule has 0 spiro atoms. The summed E-state index contributed by atoms with van der Waals surface area (Å²) >= 11 is 6.35. The van der Waals surface area contributed by atoms with Crippen molar-refractivity contribution < 1.29 is 14.5 Å². The summed E-state index contributed by atoms with van der Waals surface area (Å²) in [5.74, 6) is 3.21. The van der Waals surface area contributed by atoms with Crippen molar-refractivity contribution in [2.75, 3.05) is 0 Å². The Morgan fingerprint density at radius 1 is 1.00 bits per heavy atom. The largest absolute Gasteiger partial charge is 0.457 e. The van der Waals surface area contributed by atoms with Gasteiger partial charge in [-0.3, -0.25) is 0 Å². The number of para-hydroxylation sites is 1. The normalized spacial score (nSPS) is 23.6. The van der Waals surface area contributed by atoms with E-state index in [4.69, 9.17) is 26.1 Å². The second-order valence-electron chi connectivity index (χ2n) is 8.98. The third-order valence-corrected chi connectivity index (χ3v) is 7.47. The summed E-state index contributed by atoms with van der Waals surface area (Å²) in [7, 11) is -0.917. The highest BCUT2D eigenvalue weighted by atomic mass is 35.5. The Morgan fingerprint density at radius 3 is 2.50 bits per heavy atom. The van der Waals surface area contributed by atoms with Crippen molar-refractivity contribution in [1.29, 1.82) is 0 Å². The summed E-state index contributed by atoms with van der Waals surface area (Å²) in [6, 6.07) is 16.6. The molecule has 0 radical (unpaired) electrons. The fourth-order valence-electron chi connectivity index (χ4n) is 5.70. The Balaban J connectivity index is 0.000000775. The predicted octanol–water partition coefficient (Wildman–Crippen LogP) is 7.61. The van der Waals surface area contributed by atoms with E-state index in [2.05, 4.69) is 31.2 Å². The molecule has 32 heavy (non-hydrogen) atoms. The lowest BCUT2D eigenvalue weighted by Gasteiger charge is -2.43. The Labute approximate surface area is 198 Å². The van der Waals surface area contributed by atoms with E-state index in [9.17, 15) is 0 Å². The quantitative estimate of drug-likeness (QED) is 0.275. The molecule has 5 rings (SSSR count). The topological polar surface area (TPSA) is 49.7 Å². The SMILES string of the molecule is Cc1cc(/C(Oc2ccccc2)=C2/C3CCCC2C2=C(CCCC2)C3)ccc1Cl.OPO. The first-order valence-electron chi connectivity index (χ1n) is 11.6. The number of ether oxygens (including phenoxy) is 1. The molecule has 2 atom stereocenters. The standard InChI is InChI=1S/C27H29ClO.H3O2P/c1-18-16-21(14-15-25(18)28)27(29-22-10-3-2-4-11-22)26-20-9-7-13-24(26)23-12-6-5-8-19(23)17-20;1-3-2/h2-4,10-11,14-16,20,24H,5-9,12-13,17H2,1H3;1-3H/b27-26+;. The second kappa shape index (κ2) is 11.0. The molecule has 2 N–H and O–H groups in total. The minimum atomic E-state index is -0.917. The van der Waals surface area contributed by atoms with Crippen molar-refractivity contribution in [2.24, 2.45) is 11.8 Å². The van der Waals surface area contributed by atoms with Crippen LogP contribution in [0.3, 0.4) is 0 Å². The van der Waals surface area contributed by atoms with E-state index < -0.39 is 9.03 Å². The van der Waals surface area contributed by atoms with Crippen LogP contribution >= 0.6 is 20.6 Å². The van der Waals surface area contributed by atoms with Gasteiger partial charge in [-0.1, -0.05) is 47.4 Å². The molecule has 3 nitrogen and oxygen atoms in total. The molecule has 0 amide bonds. The van der Waals surface area contributed by atoms with E-state index in [1.54, 1.807) is 16.7 Å². The predicted molar refractivity (Wildman–Crippen MR) is 134 cm³/mol. The Kier molecular flexibility index (Phi) is 8.07. The number of allylic oxidation sites excluding steroid dienone is 3. The summed E-state index contributed by atoms with van der Waals surface area (Å²) in [6.45, 7) is 2.08. The first kappa shape index (κ1) is 23.5. The molecule has 2 aromatic rings. The third-order valence-electron chi connectivity index (χ3n) is 7.05. The smallest absolute Gasteiger partial charge is 0.149 e. The van der Waals surface area contributed by atoms with Crippen molar-refractivity contribution >= 4 is 26.4 Å². The molecular formula is C27H32ClO3P. The third kappa shape index (κ3) is 5.13. The van der Waals surface area contributed by atoms with Gasteiger partial charge in [0, 0.05) is 16.5 Å². The van der Waals surface area contributed by atoms with E-state index in [1.807, 2.05) is 24.3 Å². The maximum absolute atomic E-state index is 7.15. The average molecular weight is 471 g/mol. The fraction of sp³-hybridized carbons (Fsp3) is 0.407. The molecule has 0 aliphatic heterocycles. The molecule has 3 aliphatic carbocycles. The lowest BCUT2D eigenvalue weighted by atomic mass is 9.62. The Morgan fingerprint density at radius 2 is 1.75 bits per heavy atom. The molecule has 0 aromatic heterocycles. The van der Waals surface area contributed by atoms with E-state index in [0.29, 0.717) is 11.8 Å². The molecule has 5 heteroatoms. The van der Waals surface area contributed by atoms with Crippen LogP contribution in [0.1, 0.15) is 62.5 Å². The van der Waals surface area contributed by atoms with E-state index in [-0.39, 0.29) is 0 Å². The highest BCUT2D eigenvalue weighted by Gasteiger charge is 2.39. The molecule has 2 unspecified atom stereocenters. The fourth-order valence-corrected chi connectivity index (χ4v) is 5.82. The van der Waals surface area contributed by atoms with Crippen molar-refractivity contribution in [3.8, 4) is 5.75 Å². The number of hydrogen-bond acceptors (Lipinski definition) is 3. The van der Waals surface area contributed by atoms with Gasteiger partial charge in [-0.25, -0.2) is 0 Å². The molecule has 2 aromatic carbocycles. The maximum atomic E-state index is 7.15. The molecule has 0 saturated heterocycles. The number of hydrogen-bond donors (Lipinski definition) is 2. The summed E-state index contributed by atoms with van der Waals surface area (Å²) in [6.07, 6.45) is 10.5. The number of halogens is 1. The summed E-state index contributed by atoms with van der Waals surface area (Å²) < 4.78 is 6.66. The van der Waals surface area contributed by atoms with Crippen molar-refractivity contribution in [3.63, 3.8) is 0 Å². The average Bonchev–Trinajstić information content (AvgIpc) is 2.80. The van der Waals surface area contributed by atoms with Crippen molar-refractivity contribution in [1.82, 2.24) is 0 Å². The number of fused-ring (bicyclic) bond motifs is 3. The van der Waals surface area contributed by atoms with Crippen LogP contribution in [-0.2, 0) is 0 Å². The maximum Gasteiger partial charge on any atom is 0.149 e. The van der Waals surface area contributed by atoms with Gasteiger partial charge in [0.25, 0.3) is 0 Å². The van der Waals surface area contributed by atoms with Gasteiger partial charge in [-0.15, -0.1) is 0 Å². The zero-order valence-electron chi connectivity index (χ0n) is 18.6. The van der Waals surface area contributed by atoms with Crippen LogP contribution in [-0.4, -0.2) is 9.79 Å². The molecule has 1 saturated carbocycles. The van der Waals surface area contributed by atoms with Crippen LogP contribution < -0.4 is 4.74 Å². The first-order valence-corrected chi connectivity index (χ1v) is 12.9. The van der Waals surface area contributed by atoms with Crippen molar-refractivity contribution in [3.05, 3.63) is 81.4 Å². The summed E-state index contributed by atoms with van der Waals surface area (Å²) in [5.41, 5.74) is 7.37. The molecule has 1 fully saturated rings. The van der Waals surface area contributed by atoms with Crippen LogP contribution in [0.25, 0.3) is 5.76 Å². The molecule has 0 heterocycles. The van der Waals surface area contributed by atoms with Crippen LogP contribution in [0.4, 0.5) is 0 Å². The highest BCUT2D eigenvalue weighted by Crippen LogP contribution is 2.53. The van der Waals surface area contributed by atoms with Crippen LogP contribution in [0, 0.1) is 18.8 Å². The molecular weight excluding hydrogens is 439 g/mol. The zero-order chi connectivity index (χ0) is 22.5. The van der Waals surface area contributed by atoms with E-state index in [1.165, 1.54) is 56.9 Å². The van der Waals surface area contributed by atoms with E-state index in [0.717, 1.165) is 22.1 Å². The highest BCUT2D eigenvalue weighted by molar-refractivity contribution is 7.23. The van der Waals surface area contributed by atoms with Gasteiger partial charge in [0.2, 0.25) is 0 Å². The number of benzene rings is 2. The second-order valence-corrected chi connectivity index (χ2v) is 9.59.